The molecule has 5 nitrogen and oxygen atoms in total. The Morgan fingerprint density at radius 1 is 1.57 bits per heavy atom. The van der Waals surface area contributed by atoms with Crippen LogP contribution in [-0.4, -0.2) is 29.6 Å². The number of aromatic nitrogens is 2. The van der Waals surface area contributed by atoms with Gasteiger partial charge in [0.25, 0.3) is 0 Å². The molecule has 0 spiro atoms. The number of carbonyl (C=O) groups excluding carboxylic acids is 1. The standard InChI is InChI=1S/C9H13N3O2/c1-4-10-7-5-6(2)11-8(12-7)9(13)14-3/h5H,4H2,1-3H3,(H,10,11,12). The molecule has 76 valence electrons. The number of aryl methyl sites for hydroxylation is 1. The zero-order valence-electron chi connectivity index (χ0n) is 8.50. The number of methoxy groups -OCH3 is 1. The molecule has 1 rings (SSSR count). The van der Waals surface area contributed by atoms with E-state index in [0.717, 1.165) is 12.2 Å². The van der Waals surface area contributed by atoms with E-state index in [1.54, 1.807) is 13.0 Å². The first-order valence-corrected chi connectivity index (χ1v) is 4.35. The molecular formula is C9H13N3O2. The number of hydrogen-bond donors (Lipinski definition) is 1. The van der Waals surface area contributed by atoms with E-state index in [1.165, 1.54) is 7.11 Å². The highest BCUT2D eigenvalue weighted by molar-refractivity contribution is 5.85. The summed E-state index contributed by atoms with van der Waals surface area (Å²) >= 11 is 0. The molecule has 1 aromatic rings. The number of anilines is 1. The second-order valence-corrected chi connectivity index (χ2v) is 2.74. The van der Waals surface area contributed by atoms with E-state index in [9.17, 15) is 4.79 Å². The molecule has 0 aliphatic heterocycles. The molecule has 0 aliphatic carbocycles. The Bertz CT molecular complexity index is 339. The van der Waals surface area contributed by atoms with Crippen LogP contribution in [0.15, 0.2) is 6.07 Å². The lowest BCUT2D eigenvalue weighted by molar-refractivity contribution is 0.0586. The molecule has 0 radical (unpaired) electrons. The van der Waals surface area contributed by atoms with Crippen molar-refractivity contribution in [2.45, 2.75) is 13.8 Å². The predicted octanol–water partition coefficient (Wildman–Crippen LogP) is 1.00. The number of carbonyl (C=O) groups is 1. The van der Waals surface area contributed by atoms with Gasteiger partial charge in [-0.25, -0.2) is 14.8 Å². The van der Waals surface area contributed by atoms with Crippen molar-refractivity contribution in [3.05, 3.63) is 17.6 Å². The number of rotatable bonds is 3. The van der Waals surface area contributed by atoms with Gasteiger partial charge in [0.1, 0.15) is 5.82 Å². The molecule has 1 heterocycles. The van der Waals surface area contributed by atoms with Gasteiger partial charge in [0.15, 0.2) is 0 Å². The minimum Gasteiger partial charge on any atom is -0.463 e. The smallest absolute Gasteiger partial charge is 0.376 e. The van der Waals surface area contributed by atoms with Crippen molar-refractivity contribution in [3.63, 3.8) is 0 Å². The molecule has 0 atom stereocenters. The summed E-state index contributed by atoms with van der Waals surface area (Å²) in [4.78, 5) is 19.1. The predicted molar refractivity (Wildman–Crippen MR) is 52.3 cm³/mol. The molecule has 0 aromatic carbocycles. The normalized spacial score (nSPS) is 9.64. The first kappa shape index (κ1) is 10.4. The van der Waals surface area contributed by atoms with Gasteiger partial charge in [-0.3, -0.25) is 0 Å². The third-order valence-electron chi connectivity index (χ3n) is 1.58. The number of esters is 1. The summed E-state index contributed by atoms with van der Waals surface area (Å²) in [7, 11) is 1.31. The zero-order valence-corrected chi connectivity index (χ0v) is 8.50. The molecule has 0 bridgehead atoms. The molecule has 5 heteroatoms. The molecule has 0 saturated carbocycles. The van der Waals surface area contributed by atoms with Crippen LogP contribution in [0.2, 0.25) is 0 Å². The van der Waals surface area contributed by atoms with Crippen molar-refractivity contribution < 1.29 is 9.53 Å². The van der Waals surface area contributed by atoms with E-state index in [2.05, 4.69) is 20.0 Å². The molecule has 0 aliphatic rings. The van der Waals surface area contributed by atoms with Crippen LogP contribution >= 0.6 is 0 Å². The summed E-state index contributed by atoms with van der Waals surface area (Å²) in [5, 5.41) is 3.01. The topological polar surface area (TPSA) is 64.1 Å². The average Bonchev–Trinajstić information content (AvgIpc) is 2.16. The maximum absolute atomic E-state index is 11.1. The van der Waals surface area contributed by atoms with Crippen LogP contribution in [0.5, 0.6) is 0 Å². The number of nitrogens with one attached hydrogen (secondary N) is 1. The molecule has 0 unspecified atom stereocenters. The van der Waals surface area contributed by atoms with Gasteiger partial charge in [-0.2, -0.15) is 0 Å². The Morgan fingerprint density at radius 2 is 2.29 bits per heavy atom. The number of hydrogen-bond acceptors (Lipinski definition) is 5. The molecule has 0 fully saturated rings. The summed E-state index contributed by atoms with van der Waals surface area (Å²) in [6.07, 6.45) is 0. The number of ether oxygens (including phenoxy) is 1. The molecule has 0 saturated heterocycles. The summed E-state index contributed by atoms with van der Waals surface area (Å²) in [6.45, 7) is 4.50. The fraction of sp³-hybridized carbons (Fsp3) is 0.444. The van der Waals surface area contributed by atoms with Crippen molar-refractivity contribution >= 4 is 11.8 Å². The van der Waals surface area contributed by atoms with E-state index < -0.39 is 5.97 Å². The van der Waals surface area contributed by atoms with Crippen molar-refractivity contribution in [1.82, 2.24) is 9.97 Å². The van der Waals surface area contributed by atoms with Gasteiger partial charge in [0, 0.05) is 18.3 Å². The van der Waals surface area contributed by atoms with Crippen molar-refractivity contribution in [3.8, 4) is 0 Å². The summed E-state index contributed by atoms with van der Waals surface area (Å²) in [6, 6.07) is 1.77. The quantitative estimate of drug-likeness (QED) is 0.729. The van der Waals surface area contributed by atoms with Gasteiger partial charge in [-0.1, -0.05) is 0 Å². The third-order valence-corrected chi connectivity index (χ3v) is 1.58. The highest BCUT2D eigenvalue weighted by Crippen LogP contribution is 2.06. The van der Waals surface area contributed by atoms with Crippen LogP contribution < -0.4 is 5.32 Å². The largest absolute Gasteiger partial charge is 0.463 e. The van der Waals surface area contributed by atoms with E-state index in [0.29, 0.717) is 5.82 Å². The second-order valence-electron chi connectivity index (χ2n) is 2.74. The Kier molecular flexibility index (Phi) is 3.39. The van der Waals surface area contributed by atoms with Crippen LogP contribution in [0.4, 0.5) is 5.82 Å². The minimum absolute atomic E-state index is 0.0865. The maximum atomic E-state index is 11.1. The van der Waals surface area contributed by atoms with Crippen LogP contribution in [0.3, 0.4) is 0 Å². The van der Waals surface area contributed by atoms with Crippen LogP contribution in [-0.2, 0) is 4.74 Å². The highest BCUT2D eigenvalue weighted by Gasteiger charge is 2.10. The lowest BCUT2D eigenvalue weighted by atomic mass is 10.4. The first-order chi connectivity index (χ1) is 6.67. The molecule has 14 heavy (non-hydrogen) atoms. The van der Waals surface area contributed by atoms with Gasteiger partial charge >= 0.3 is 5.97 Å². The summed E-state index contributed by atoms with van der Waals surface area (Å²) < 4.78 is 4.53. The van der Waals surface area contributed by atoms with Gasteiger partial charge in [0.2, 0.25) is 5.82 Å². The van der Waals surface area contributed by atoms with Crippen LogP contribution in [0.25, 0.3) is 0 Å². The van der Waals surface area contributed by atoms with Crippen LogP contribution in [0, 0.1) is 6.92 Å². The molecule has 1 N–H and O–H groups in total. The fourth-order valence-corrected chi connectivity index (χ4v) is 1.02. The maximum Gasteiger partial charge on any atom is 0.376 e. The lowest BCUT2D eigenvalue weighted by Crippen LogP contribution is -2.11. The van der Waals surface area contributed by atoms with E-state index in [1.807, 2.05) is 6.92 Å². The zero-order chi connectivity index (χ0) is 10.6. The van der Waals surface area contributed by atoms with Crippen molar-refractivity contribution in [1.29, 1.82) is 0 Å². The SMILES string of the molecule is CCNc1cc(C)nc(C(=O)OC)n1. The van der Waals surface area contributed by atoms with Crippen LogP contribution in [0.1, 0.15) is 23.2 Å². The second kappa shape index (κ2) is 4.55. The number of nitrogens with zero attached hydrogens (tertiary/aromatic N) is 2. The van der Waals surface area contributed by atoms with Gasteiger partial charge in [-0.05, 0) is 13.8 Å². The minimum atomic E-state index is -0.521. The Morgan fingerprint density at radius 3 is 2.86 bits per heavy atom. The van der Waals surface area contributed by atoms with E-state index in [-0.39, 0.29) is 5.82 Å². The van der Waals surface area contributed by atoms with Gasteiger partial charge in [0.05, 0.1) is 7.11 Å². The van der Waals surface area contributed by atoms with Crippen molar-refractivity contribution in [2.24, 2.45) is 0 Å². The molecule has 0 amide bonds. The van der Waals surface area contributed by atoms with Gasteiger partial charge < -0.3 is 10.1 Å². The van der Waals surface area contributed by atoms with E-state index >= 15 is 0 Å². The Labute approximate surface area is 82.5 Å². The third kappa shape index (κ3) is 2.42. The summed E-state index contributed by atoms with van der Waals surface area (Å²) in [5.41, 5.74) is 0.733. The molecule has 1 aromatic heterocycles. The summed E-state index contributed by atoms with van der Waals surface area (Å²) in [5.74, 6) is 0.205. The monoisotopic (exact) mass is 195 g/mol. The highest BCUT2D eigenvalue weighted by atomic mass is 16.5. The molecular weight excluding hydrogens is 182 g/mol. The Balaban J connectivity index is 3.00. The first-order valence-electron chi connectivity index (χ1n) is 4.35. The average molecular weight is 195 g/mol. The van der Waals surface area contributed by atoms with E-state index in [4.69, 9.17) is 0 Å². The van der Waals surface area contributed by atoms with Crippen molar-refractivity contribution in [2.75, 3.05) is 19.0 Å². The lowest BCUT2D eigenvalue weighted by Gasteiger charge is -2.04. The fourth-order valence-electron chi connectivity index (χ4n) is 1.02. The van der Waals surface area contributed by atoms with Gasteiger partial charge in [-0.15, -0.1) is 0 Å². The Hall–Kier alpha value is -1.65.